The van der Waals surface area contributed by atoms with Gasteiger partial charge >= 0.3 is 5.97 Å². The zero-order chi connectivity index (χ0) is 24.5. The van der Waals surface area contributed by atoms with E-state index in [9.17, 15) is 19.2 Å². The maximum atomic E-state index is 12.4. The minimum absolute atomic E-state index is 0.165. The number of esters is 1. The summed E-state index contributed by atoms with van der Waals surface area (Å²) in [5, 5.41) is 5.05. The van der Waals surface area contributed by atoms with Crippen LogP contribution in [0.15, 0.2) is 72.8 Å². The number of aryl methyl sites for hydroxylation is 1. The Kier molecular flexibility index (Phi) is 8.12. The van der Waals surface area contributed by atoms with Crippen LogP contribution in [0.5, 0.6) is 5.75 Å². The van der Waals surface area contributed by atoms with Crippen LogP contribution < -0.4 is 15.4 Å². The van der Waals surface area contributed by atoms with Gasteiger partial charge in [-0.25, -0.2) is 4.79 Å². The lowest BCUT2D eigenvalue weighted by Gasteiger charge is -2.11. The Balaban J connectivity index is 1.46. The first-order chi connectivity index (χ1) is 16.4. The lowest BCUT2D eigenvalue weighted by molar-refractivity contribution is -0.126. The number of amides is 2. The average Bonchev–Trinajstić information content (AvgIpc) is 2.86. The molecule has 0 aliphatic heterocycles. The van der Waals surface area contributed by atoms with E-state index in [-0.39, 0.29) is 17.9 Å². The minimum Gasteiger partial charge on any atom is -0.495 e. The molecule has 0 spiro atoms. The fourth-order valence-electron chi connectivity index (χ4n) is 3.07. The quantitative estimate of drug-likeness (QED) is 0.375. The molecular weight excluding hydrogens is 436 g/mol. The third-order valence-electron chi connectivity index (χ3n) is 4.83. The summed E-state index contributed by atoms with van der Waals surface area (Å²) < 4.78 is 10.2. The monoisotopic (exact) mass is 460 g/mol. The molecule has 34 heavy (non-hydrogen) atoms. The highest BCUT2D eigenvalue weighted by molar-refractivity contribution is 6.09. The number of ketones is 1. The Hall–Kier alpha value is -4.46. The molecule has 8 heteroatoms. The number of hydrogen-bond acceptors (Lipinski definition) is 6. The van der Waals surface area contributed by atoms with Gasteiger partial charge in [0.15, 0.2) is 12.4 Å². The maximum absolute atomic E-state index is 12.4. The highest BCUT2D eigenvalue weighted by atomic mass is 16.5. The van der Waals surface area contributed by atoms with Crippen LogP contribution in [0.4, 0.5) is 5.69 Å². The van der Waals surface area contributed by atoms with E-state index in [0.717, 1.165) is 5.56 Å². The number of carbonyl (C=O) groups is 4. The standard InChI is InChI=1S/C26H24N2O6/c1-17-8-13-22(33-2)21(14-17)28-23(29)15-27-24(30)16-34-26(32)20-11-9-19(10-12-20)25(31)18-6-4-3-5-7-18/h3-14H,15-16H2,1-2H3,(H,27,30)(H,28,29). The molecule has 0 fully saturated rings. The zero-order valence-corrected chi connectivity index (χ0v) is 18.8. The van der Waals surface area contributed by atoms with E-state index in [1.807, 2.05) is 19.1 Å². The van der Waals surface area contributed by atoms with Crippen LogP contribution in [0.25, 0.3) is 0 Å². The molecule has 3 aromatic carbocycles. The third-order valence-corrected chi connectivity index (χ3v) is 4.83. The summed E-state index contributed by atoms with van der Waals surface area (Å²) >= 11 is 0. The highest BCUT2D eigenvalue weighted by Crippen LogP contribution is 2.24. The van der Waals surface area contributed by atoms with E-state index in [4.69, 9.17) is 9.47 Å². The third kappa shape index (κ3) is 6.52. The Bertz CT molecular complexity index is 1190. The van der Waals surface area contributed by atoms with E-state index in [1.54, 1.807) is 36.4 Å². The highest BCUT2D eigenvalue weighted by Gasteiger charge is 2.14. The molecule has 0 unspecified atom stereocenters. The van der Waals surface area contributed by atoms with Crippen LogP contribution in [-0.2, 0) is 14.3 Å². The number of rotatable bonds is 9. The van der Waals surface area contributed by atoms with Crippen LogP contribution >= 0.6 is 0 Å². The predicted molar refractivity (Wildman–Crippen MR) is 126 cm³/mol. The van der Waals surface area contributed by atoms with Crippen LogP contribution in [-0.4, -0.2) is 43.8 Å². The van der Waals surface area contributed by atoms with Gasteiger partial charge in [-0.3, -0.25) is 14.4 Å². The van der Waals surface area contributed by atoms with Gasteiger partial charge in [0.25, 0.3) is 5.91 Å². The number of ether oxygens (including phenoxy) is 2. The molecule has 0 saturated carbocycles. The first-order valence-electron chi connectivity index (χ1n) is 10.5. The van der Waals surface area contributed by atoms with E-state index < -0.39 is 24.4 Å². The molecule has 0 radical (unpaired) electrons. The van der Waals surface area contributed by atoms with Gasteiger partial charge in [0.1, 0.15) is 5.75 Å². The summed E-state index contributed by atoms with van der Waals surface area (Å²) in [6, 6.07) is 20.1. The lowest BCUT2D eigenvalue weighted by atomic mass is 10.0. The number of methoxy groups -OCH3 is 1. The van der Waals surface area contributed by atoms with Crippen LogP contribution in [0.3, 0.4) is 0 Å². The molecule has 0 saturated heterocycles. The van der Waals surface area contributed by atoms with Crippen molar-refractivity contribution >= 4 is 29.3 Å². The Morgan fingerprint density at radius 2 is 1.44 bits per heavy atom. The van der Waals surface area contributed by atoms with Crippen molar-refractivity contribution in [2.75, 3.05) is 25.6 Å². The van der Waals surface area contributed by atoms with E-state index in [1.165, 1.54) is 31.4 Å². The van der Waals surface area contributed by atoms with Gasteiger partial charge in [-0.2, -0.15) is 0 Å². The smallest absolute Gasteiger partial charge is 0.338 e. The summed E-state index contributed by atoms with van der Waals surface area (Å²) in [4.78, 5) is 48.7. The largest absolute Gasteiger partial charge is 0.495 e. The van der Waals surface area contributed by atoms with Crippen LogP contribution in [0.1, 0.15) is 31.8 Å². The first-order valence-corrected chi connectivity index (χ1v) is 10.5. The number of hydrogen-bond donors (Lipinski definition) is 2. The van der Waals surface area contributed by atoms with E-state index in [0.29, 0.717) is 22.6 Å². The van der Waals surface area contributed by atoms with E-state index in [2.05, 4.69) is 10.6 Å². The fourth-order valence-corrected chi connectivity index (χ4v) is 3.07. The second kappa shape index (κ2) is 11.4. The molecule has 3 rings (SSSR count). The second-order valence-electron chi connectivity index (χ2n) is 7.38. The fraction of sp³-hybridized carbons (Fsp3) is 0.154. The van der Waals surface area contributed by atoms with Gasteiger partial charge in [-0.15, -0.1) is 0 Å². The SMILES string of the molecule is COc1ccc(C)cc1NC(=O)CNC(=O)COC(=O)c1ccc(C(=O)c2ccccc2)cc1. The van der Waals surface area contributed by atoms with Gasteiger partial charge < -0.3 is 20.1 Å². The molecule has 2 N–H and O–H groups in total. The van der Waals surface area contributed by atoms with Crippen molar-refractivity contribution in [1.29, 1.82) is 0 Å². The Morgan fingerprint density at radius 3 is 2.12 bits per heavy atom. The van der Waals surface area contributed by atoms with Crippen molar-refractivity contribution in [3.63, 3.8) is 0 Å². The lowest BCUT2D eigenvalue weighted by Crippen LogP contribution is -2.35. The van der Waals surface area contributed by atoms with Crippen molar-refractivity contribution in [1.82, 2.24) is 5.32 Å². The van der Waals surface area contributed by atoms with Crippen molar-refractivity contribution in [3.8, 4) is 5.75 Å². The van der Waals surface area contributed by atoms with Crippen molar-refractivity contribution in [2.45, 2.75) is 6.92 Å². The molecule has 0 atom stereocenters. The van der Waals surface area contributed by atoms with Gasteiger partial charge in [0, 0.05) is 11.1 Å². The molecule has 2 amide bonds. The Labute approximate surface area is 196 Å². The molecule has 8 nitrogen and oxygen atoms in total. The average molecular weight is 460 g/mol. The van der Waals surface area contributed by atoms with Gasteiger partial charge in [0.2, 0.25) is 5.91 Å². The molecule has 0 aliphatic rings. The predicted octanol–water partition coefficient (Wildman–Crippen LogP) is 3.15. The topological polar surface area (TPSA) is 111 Å². The normalized spacial score (nSPS) is 10.2. The first kappa shape index (κ1) is 24.2. The van der Waals surface area contributed by atoms with E-state index >= 15 is 0 Å². The summed E-state index contributed by atoms with van der Waals surface area (Å²) in [7, 11) is 1.49. The van der Waals surface area contributed by atoms with Crippen molar-refractivity contribution in [2.24, 2.45) is 0 Å². The molecule has 0 bridgehead atoms. The number of carbonyl (C=O) groups excluding carboxylic acids is 4. The second-order valence-corrected chi connectivity index (χ2v) is 7.38. The van der Waals surface area contributed by atoms with Gasteiger partial charge in [-0.05, 0) is 36.8 Å². The Morgan fingerprint density at radius 1 is 0.794 bits per heavy atom. The number of benzene rings is 3. The molecule has 0 heterocycles. The molecular formula is C26H24N2O6. The molecule has 0 aliphatic carbocycles. The number of nitrogens with one attached hydrogen (secondary N) is 2. The van der Waals surface area contributed by atoms with Crippen LogP contribution in [0.2, 0.25) is 0 Å². The molecule has 3 aromatic rings. The van der Waals surface area contributed by atoms with Crippen molar-refractivity contribution in [3.05, 3.63) is 95.1 Å². The van der Waals surface area contributed by atoms with Gasteiger partial charge in [-0.1, -0.05) is 48.5 Å². The molecule has 0 aromatic heterocycles. The minimum atomic E-state index is -0.720. The molecule has 174 valence electrons. The van der Waals surface area contributed by atoms with Gasteiger partial charge in [0.05, 0.1) is 24.9 Å². The maximum Gasteiger partial charge on any atom is 0.338 e. The van der Waals surface area contributed by atoms with Crippen molar-refractivity contribution < 1.29 is 28.7 Å². The number of anilines is 1. The zero-order valence-electron chi connectivity index (χ0n) is 18.8. The summed E-state index contributed by atoms with van der Waals surface area (Å²) in [6.07, 6.45) is 0. The van der Waals surface area contributed by atoms with Crippen LogP contribution in [0, 0.1) is 6.92 Å². The summed E-state index contributed by atoms with van der Waals surface area (Å²) in [6.45, 7) is 1.02. The summed E-state index contributed by atoms with van der Waals surface area (Å²) in [5.74, 6) is -1.47. The summed E-state index contributed by atoms with van der Waals surface area (Å²) in [5.41, 5.74) is 2.59.